The molecule has 226 valence electrons. The van der Waals surface area contributed by atoms with Gasteiger partial charge in [-0.15, -0.1) is 0 Å². The molecule has 2 N–H and O–H groups in total. The number of ether oxygens (including phenoxy) is 2. The fourth-order valence-electron chi connectivity index (χ4n) is 5.90. The maximum Gasteiger partial charge on any atom is 0.410 e. The van der Waals surface area contributed by atoms with Crippen molar-refractivity contribution in [1.29, 1.82) is 0 Å². The number of benzene rings is 3. The number of hydrogen-bond donors (Lipinski definition) is 2. The van der Waals surface area contributed by atoms with E-state index in [-0.39, 0.29) is 32.0 Å². The number of carboxylic acids is 1. The molecule has 3 aromatic carbocycles. The third-order valence-corrected chi connectivity index (χ3v) is 8.10. The van der Waals surface area contributed by atoms with Crippen LogP contribution >= 0.6 is 0 Å². The number of esters is 1. The Morgan fingerprint density at radius 1 is 0.953 bits per heavy atom. The number of carbonyl (C=O) groups excluding carboxylic acids is 2. The molecular weight excluding hydrogens is 546 g/mol. The zero-order valence-electron chi connectivity index (χ0n) is 25.3. The van der Waals surface area contributed by atoms with Gasteiger partial charge in [0.2, 0.25) is 0 Å². The van der Waals surface area contributed by atoms with Crippen LogP contribution in [0.15, 0.2) is 72.8 Å². The van der Waals surface area contributed by atoms with Crippen molar-refractivity contribution in [3.63, 3.8) is 0 Å². The van der Waals surface area contributed by atoms with Gasteiger partial charge in [-0.2, -0.15) is 0 Å². The standard InChI is InChI=1S/C34H39N3O6/c1-33(2,3)43-30(38)29-18-34(31(39)40,35-19-22-14-16-23(17-15-22)36(4)5)21-37(29)32(41)42-20-28-26-12-8-6-10-24(26)25-11-7-9-13-27(25)28/h6-17,28-29,35H,18-21H2,1-5H3,(H,39,40). The number of nitrogens with one attached hydrogen (secondary N) is 1. The minimum atomic E-state index is -1.58. The molecular formula is C34H39N3O6. The summed E-state index contributed by atoms with van der Waals surface area (Å²) >= 11 is 0. The van der Waals surface area contributed by atoms with Gasteiger partial charge in [-0.1, -0.05) is 60.7 Å². The molecule has 0 saturated carbocycles. The van der Waals surface area contributed by atoms with Crippen molar-refractivity contribution in [2.45, 2.75) is 56.8 Å². The Morgan fingerprint density at radius 3 is 2.07 bits per heavy atom. The molecule has 9 heteroatoms. The van der Waals surface area contributed by atoms with Crippen LogP contribution in [0.5, 0.6) is 0 Å². The normalized spacial score (nSPS) is 19.5. The first-order valence-corrected chi connectivity index (χ1v) is 14.5. The summed E-state index contributed by atoms with van der Waals surface area (Å²) in [5.74, 6) is -1.99. The second-order valence-electron chi connectivity index (χ2n) is 12.5. The zero-order valence-corrected chi connectivity index (χ0v) is 25.3. The second-order valence-corrected chi connectivity index (χ2v) is 12.5. The summed E-state index contributed by atoms with van der Waals surface area (Å²) < 4.78 is 11.5. The number of carbonyl (C=O) groups is 3. The molecule has 1 amide bonds. The fraction of sp³-hybridized carbons (Fsp3) is 0.382. The molecule has 5 rings (SSSR count). The molecule has 2 unspecified atom stereocenters. The van der Waals surface area contributed by atoms with Crippen LogP contribution in [0.1, 0.15) is 49.8 Å². The quantitative estimate of drug-likeness (QED) is 0.355. The largest absolute Gasteiger partial charge is 0.480 e. The smallest absolute Gasteiger partial charge is 0.410 e. The second kappa shape index (κ2) is 11.7. The van der Waals surface area contributed by atoms with Crippen LogP contribution in [0.4, 0.5) is 10.5 Å². The molecule has 1 aliphatic heterocycles. The van der Waals surface area contributed by atoms with E-state index in [0.717, 1.165) is 33.5 Å². The lowest BCUT2D eigenvalue weighted by Gasteiger charge is -2.27. The van der Waals surface area contributed by atoms with E-state index < -0.39 is 35.2 Å². The highest BCUT2D eigenvalue weighted by molar-refractivity contribution is 5.88. The number of nitrogens with zero attached hydrogens (tertiary/aromatic N) is 2. The van der Waals surface area contributed by atoms with Gasteiger partial charge in [-0.3, -0.25) is 15.0 Å². The summed E-state index contributed by atoms with van der Waals surface area (Å²) in [7, 11) is 3.89. The molecule has 2 aliphatic rings. The molecule has 3 aromatic rings. The summed E-state index contributed by atoms with van der Waals surface area (Å²) in [6, 6.07) is 22.6. The average Bonchev–Trinajstić information content (AvgIpc) is 3.52. The molecule has 1 heterocycles. The molecule has 1 aliphatic carbocycles. The van der Waals surface area contributed by atoms with Gasteiger partial charge >= 0.3 is 18.0 Å². The van der Waals surface area contributed by atoms with E-state index in [4.69, 9.17) is 9.47 Å². The van der Waals surface area contributed by atoms with Gasteiger partial charge in [0.05, 0.1) is 6.54 Å². The number of carboxylic acid groups (broad SMARTS) is 1. The molecule has 9 nitrogen and oxygen atoms in total. The maximum atomic E-state index is 13.7. The molecule has 0 bridgehead atoms. The summed E-state index contributed by atoms with van der Waals surface area (Å²) in [4.78, 5) is 42.9. The third kappa shape index (κ3) is 6.22. The monoisotopic (exact) mass is 585 g/mol. The molecule has 0 aromatic heterocycles. The molecule has 1 fully saturated rings. The van der Waals surface area contributed by atoms with E-state index in [1.165, 1.54) is 4.90 Å². The Labute approximate surface area is 252 Å². The van der Waals surface area contributed by atoms with Crippen molar-refractivity contribution in [3.8, 4) is 11.1 Å². The summed E-state index contributed by atoms with van der Waals surface area (Å²) in [6.45, 7) is 5.24. The Morgan fingerprint density at radius 2 is 1.53 bits per heavy atom. The highest BCUT2D eigenvalue weighted by atomic mass is 16.6. The molecule has 2 atom stereocenters. The van der Waals surface area contributed by atoms with Crippen LogP contribution in [-0.2, 0) is 25.6 Å². The van der Waals surface area contributed by atoms with Crippen LogP contribution in [-0.4, -0.2) is 72.5 Å². The fourth-order valence-corrected chi connectivity index (χ4v) is 5.90. The maximum absolute atomic E-state index is 13.7. The summed E-state index contributed by atoms with van der Waals surface area (Å²) in [6.07, 6.45) is -0.907. The van der Waals surface area contributed by atoms with E-state index in [0.29, 0.717) is 0 Å². The number of likely N-dealkylation sites (tertiary alicyclic amines) is 1. The minimum Gasteiger partial charge on any atom is -0.480 e. The number of amides is 1. The van der Waals surface area contributed by atoms with E-state index >= 15 is 0 Å². The molecule has 0 spiro atoms. The van der Waals surface area contributed by atoms with Gasteiger partial charge in [0.15, 0.2) is 0 Å². The molecule has 1 saturated heterocycles. The van der Waals surface area contributed by atoms with Gasteiger partial charge in [0, 0.05) is 38.7 Å². The van der Waals surface area contributed by atoms with Gasteiger partial charge in [-0.05, 0) is 60.7 Å². The summed E-state index contributed by atoms with van der Waals surface area (Å²) in [5.41, 5.74) is 3.81. The Balaban J connectivity index is 1.37. The number of aliphatic carboxylic acids is 1. The van der Waals surface area contributed by atoms with Gasteiger partial charge in [0.25, 0.3) is 0 Å². The Bertz CT molecular complexity index is 1470. The van der Waals surface area contributed by atoms with Crippen LogP contribution in [0.2, 0.25) is 0 Å². The zero-order chi connectivity index (χ0) is 30.9. The first kappa shape index (κ1) is 30.1. The van der Waals surface area contributed by atoms with Gasteiger partial charge < -0.3 is 19.5 Å². The highest BCUT2D eigenvalue weighted by Gasteiger charge is 2.55. The van der Waals surface area contributed by atoms with E-state index in [2.05, 4.69) is 17.4 Å². The molecule has 43 heavy (non-hydrogen) atoms. The predicted octanol–water partition coefficient (Wildman–Crippen LogP) is 5.03. The van der Waals surface area contributed by atoms with E-state index in [9.17, 15) is 19.5 Å². The average molecular weight is 586 g/mol. The van der Waals surface area contributed by atoms with E-state index in [1.54, 1.807) is 20.8 Å². The van der Waals surface area contributed by atoms with Crippen molar-refractivity contribution < 1.29 is 29.0 Å². The van der Waals surface area contributed by atoms with Crippen LogP contribution in [0.25, 0.3) is 11.1 Å². The van der Waals surface area contributed by atoms with Crippen molar-refractivity contribution in [2.24, 2.45) is 0 Å². The molecule has 0 radical (unpaired) electrons. The minimum absolute atomic E-state index is 0.0517. The van der Waals surface area contributed by atoms with Crippen LogP contribution in [0, 0.1) is 0 Å². The Hall–Kier alpha value is -4.37. The van der Waals surface area contributed by atoms with Gasteiger partial charge in [0.1, 0.15) is 23.8 Å². The number of fused-ring (bicyclic) bond motifs is 3. The highest BCUT2D eigenvalue weighted by Crippen LogP contribution is 2.44. The van der Waals surface area contributed by atoms with Crippen molar-refractivity contribution >= 4 is 23.7 Å². The van der Waals surface area contributed by atoms with Gasteiger partial charge in [-0.25, -0.2) is 9.59 Å². The van der Waals surface area contributed by atoms with Crippen molar-refractivity contribution in [2.75, 3.05) is 32.1 Å². The SMILES string of the molecule is CN(C)c1ccc(CNC2(C(=O)O)CC(C(=O)OC(C)(C)C)N(C(=O)OCC3c4ccccc4-c4ccccc43)C2)cc1. The van der Waals surface area contributed by atoms with Crippen LogP contribution in [0.3, 0.4) is 0 Å². The first-order chi connectivity index (χ1) is 20.4. The lowest BCUT2D eigenvalue weighted by atomic mass is 9.95. The Kier molecular flexibility index (Phi) is 8.21. The number of rotatable bonds is 8. The van der Waals surface area contributed by atoms with Crippen LogP contribution < -0.4 is 10.2 Å². The predicted molar refractivity (Wildman–Crippen MR) is 164 cm³/mol. The lowest BCUT2D eigenvalue weighted by Crippen LogP contribution is -2.54. The topological polar surface area (TPSA) is 108 Å². The third-order valence-electron chi connectivity index (χ3n) is 8.10. The first-order valence-electron chi connectivity index (χ1n) is 14.5. The van der Waals surface area contributed by atoms with Crippen molar-refractivity contribution in [1.82, 2.24) is 10.2 Å². The number of hydrogen-bond acceptors (Lipinski definition) is 7. The van der Waals surface area contributed by atoms with E-state index in [1.807, 2.05) is 79.7 Å². The van der Waals surface area contributed by atoms with Crippen molar-refractivity contribution in [3.05, 3.63) is 89.5 Å². The number of anilines is 1. The summed E-state index contributed by atoms with van der Waals surface area (Å²) in [5, 5.41) is 13.6. The lowest BCUT2D eigenvalue weighted by molar-refractivity contribution is -0.159.